The Morgan fingerprint density at radius 2 is 1.54 bits per heavy atom. The molecular weight excluding hydrogens is 348 g/mol. The first-order valence-electron chi connectivity index (χ1n) is 8.82. The second kappa shape index (κ2) is 8.86. The van der Waals surface area contributed by atoms with Gasteiger partial charge in [-0.2, -0.15) is 0 Å². The predicted octanol–water partition coefficient (Wildman–Crippen LogP) is 4.79. The lowest BCUT2D eigenvalue weighted by molar-refractivity contribution is -0.114. The molecule has 0 radical (unpaired) electrons. The van der Waals surface area contributed by atoms with Crippen molar-refractivity contribution in [2.24, 2.45) is 0 Å². The predicted molar refractivity (Wildman–Crippen MR) is 107 cm³/mol. The fourth-order valence-electron chi connectivity index (χ4n) is 3.07. The molecule has 138 valence electrons. The Hall–Kier alpha value is -2.33. The molecule has 26 heavy (non-hydrogen) atoms. The largest absolute Gasteiger partial charge is 0.351 e. The lowest BCUT2D eigenvalue weighted by Gasteiger charge is -2.32. The van der Waals surface area contributed by atoms with Gasteiger partial charge in [0.25, 0.3) is 5.91 Å². The fourth-order valence-corrected chi connectivity index (χ4v) is 3.20. The second-order valence-corrected chi connectivity index (χ2v) is 6.87. The van der Waals surface area contributed by atoms with E-state index >= 15 is 0 Å². The van der Waals surface area contributed by atoms with Crippen LogP contribution in [0.5, 0.6) is 0 Å². The molecular formula is C21H25ClN2O2. The van der Waals surface area contributed by atoms with E-state index in [1.165, 1.54) is 12.5 Å². The van der Waals surface area contributed by atoms with Crippen LogP contribution in [-0.4, -0.2) is 18.4 Å². The molecule has 2 aromatic carbocycles. The quantitative estimate of drug-likeness (QED) is 0.734. The summed E-state index contributed by atoms with van der Waals surface area (Å²) in [6.07, 6.45) is 1.82. The van der Waals surface area contributed by atoms with E-state index in [0.717, 1.165) is 12.8 Å². The third-order valence-electron chi connectivity index (χ3n) is 4.86. The van der Waals surface area contributed by atoms with Crippen molar-refractivity contribution in [1.29, 1.82) is 0 Å². The summed E-state index contributed by atoms with van der Waals surface area (Å²) in [5.41, 5.74) is 2.28. The Kier molecular flexibility index (Phi) is 6.81. The van der Waals surface area contributed by atoms with Gasteiger partial charge in [-0.1, -0.05) is 37.6 Å². The molecule has 0 unspecified atom stereocenters. The molecule has 0 heterocycles. The van der Waals surface area contributed by atoms with Crippen molar-refractivity contribution >= 4 is 29.1 Å². The number of hydrogen-bond donors (Lipinski definition) is 2. The second-order valence-electron chi connectivity index (χ2n) is 6.44. The highest BCUT2D eigenvalue weighted by Gasteiger charge is 2.29. The van der Waals surface area contributed by atoms with E-state index in [4.69, 9.17) is 11.6 Å². The van der Waals surface area contributed by atoms with E-state index in [1.54, 1.807) is 24.3 Å². The Bertz CT molecular complexity index is 751. The molecule has 0 bridgehead atoms. The molecule has 2 N–H and O–H groups in total. The highest BCUT2D eigenvalue weighted by molar-refractivity contribution is 6.30. The summed E-state index contributed by atoms with van der Waals surface area (Å²) >= 11 is 6.00. The zero-order chi connectivity index (χ0) is 19.2. The molecule has 0 atom stereocenters. The molecule has 0 fully saturated rings. The maximum absolute atomic E-state index is 12.5. The summed E-state index contributed by atoms with van der Waals surface area (Å²) in [6, 6.07) is 14.7. The molecule has 0 aliphatic carbocycles. The van der Waals surface area contributed by atoms with Gasteiger partial charge in [0.1, 0.15) is 0 Å². The topological polar surface area (TPSA) is 58.2 Å². The van der Waals surface area contributed by atoms with Gasteiger partial charge in [0.2, 0.25) is 5.91 Å². The number of carbonyl (C=O) groups is 2. The van der Waals surface area contributed by atoms with Crippen molar-refractivity contribution in [3.63, 3.8) is 0 Å². The number of benzene rings is 2. The Morgan fingerprint density at radius 3 is 2.04 bits per heavy atom. The van der Waals surface area contributed by atoms with E-state index in [2.05, 4.69) is 24.5 Å². The first-order chi connectivity index (χ1) is 12.4. The molecule has 0 saturated carbocycles. The Labute approximate surface area is 159 Å². The fraction of sp³-hybridized carbons (Fsp3) is 0.333. The average molecular weight is 373 g/mol. The summed E-state index contributed by atoms with van der Waals surface area (Å²) in [4.78, 5) is 23.6. The summed E-state index contributed by atoms with van der Waals surface area (Å²) in [5, 5.41) is 6.45. The molecule has 0 saturated heterocycles. The smallest absolute Gasteiger partial charge is 0.251 e. The van der Waals surface area contributed by atoms with Crippen molar-refractivity contribution < 1.29 is 9.59 Å². The number of carbonyl (C=O) groups excluding carboxylic acids is 2. The van der Waals surface area contributed by atoms with Crippen molar-refractivity contribution in [2.45, 2.75) is 39.0 Å². The van der Waals surface area contributed by atoms with E-state index in [-0.39, 0.29) is 17.2 Å². The van der Waals surface area contributed by atoms with Crippen LogP contribution in [0.3, 0.4) is 0 Å². The van der Waals surface area contributed by atoms with Gasteiger partial charge < -0.3 is 10.6 Å². The molecule has 0 aliphatic rings. The standard InChI is InChI=1S/C21H25ClN2O2/c1-4-21(5-2,17-8-10-18(22)11-9-17)14-23-20(26)16-6-12-19(13-7-16)24-15(3)25/h6-13H,4-5,14H2,1-3H3,(H,23,26)(H,24,25). The zero-order valence-corrected chi connectivity index (χ0v) is 16.2. The SMILES string of the molecule is CCC(CC)(CNC(=O)c1ccc(NC(C)=O)cc1)c1ccc(Cl)cc1. The van der Waals surface area contributed by atoms with Crippen molar-refractivity contribution in [3.8, 4) is 0 Å². The molecule has 0 aromatic heterocycles. The highest BCUT2D eigenvalue weighted by atomic mass is 35.5. The molecule has 0 spiro atoms. The highest BCUT2D eigenvalue weighted by Crippen LogP contribution is 2.32. The lowest BCUT2D eigenvalue weighted by atomic mass is 9.75. The van der Waals surface area contributed by atoms with E-state index in [9.17, 15) is 9.59 Å². The zero-order valence-electron chi connectivity index (χ0n) is 15.4. The monoisotopic (exact) mass is 372 g/mol. The van der Waals surface area contributed by atoms with Crippen LogP contribution < -0.4 is 10.6 Å². The summed E-state index contributed by atoms with van der Waals surface area (Å²) < 4.78 is 0. The van der Waals surface area contributed by atoms with E-state index in [0.29, 0.717) is 22.8 Å². The van der Waals surface area contributed by atoms with Crippen LogP contribution in [0, 0.1) is 0 Å². The van der Waals surface area contributed by atoms with Gasteiger partial charge in [0, 0.05) is 35.2 Å². The molecule has 2 amide bonds. The molecule has 2 aromatic rings. The average Bonchev–Trinajstić information content (AvgIpc) is 2.64. The molecule has 2 rings (SSSR count). The van der Waals surface area contributed by atoms with Crippen LogP contribution in [0.4, 0.5) is 5.69 Å². The van der Waals surface area contributed by atoms with Crippen molar-refractivity contribution in [3.05, 3.63) is 64.7 Å². The number of hydrogen-bond acceptors (Lipinski definition) is 2. The number of amides is 2. The van der Waals surface area contributed by atoms with Crippen LogP contribution >= 0.6 is 11.6 Å². The van der Waals surface area contributed by atoms with Crippen LogP contribution in [0.25, 0.3) is 0 Å². The van der Waals surface area contributed by atoms with Gasteiger partial charge in [-0.25, -0.2) is 0 Å². The first-order valence-corrected chi connectivity index (χ1v) is 9.20. The minimum absolute atomic E-state index is 0.125. The maximum Gasteiger partial charge on any atom is 0.251 e. The Balaban J connectivity index is 2.09. The minimum atomic E-state index is -0.138. The van der Waals surface area contributed by atoms with E-state index in [1.807, 2.05) is 24.3 Å². The number of halogens is 1. The third kappa shape index (κ3) is 4.85. The van der Waals surface area contributed by atoms with Gasteiger partial charge in [0.15, 0.2) is 0 Å². The summed E-state index contributed by atoms with van der Waals surface area (Å²) in [7, 11) is 0. The van der Waals surface area contributed by atoms with Crippen molar-refractivity contribution in [1.82, 2.24) is 5.32 Å². The minimum Gasteiger partial charge on any atom is -0.351 e. The van der Waals surface area contributed by atoms with Crippen molar-refractivity contribution in [2.75, 3.05) is 11.9 Å². The van der Waals surface area contributed by atoms with E-state index < -0.39 is 0 Å². The molecule has 5 heteroatoms. The Morgan fingerprint density at radius 1 is 0.962 bits per heavy atom. The lowest BCUT2D eigenvalue weighted by Crippen LogP contribution is -2.40. The van der Waals surface area contributed by atoms with Gasteiger partial charge in [-0.05, 0) is 54.8 Å². The summed E-state index contributed by atoms with van der Waals surface area (Å²) in [6.45, 7) is 6.26. The van der Waals surface area contributed by atoms with Crippen LogP contribution in [-0.2, 0) is 10.2 Å². The first kappa shape index (κ1) is 20.0. The van der Waals surface area contributed by atoms with Crippen LogP contribution in [0.1, 0.15) is 49.5 Å². The van der Waals surface area contributed by atoms with Gasteiger partial charge in [-0.3, -0.25) is 9.59 Å². The number of anilines is 1. The van der Waals surface area contributed by atoms with Gasteiger partial charge in [-0.15, -0.1) is 0 Å². The molecule has 4 nitrogen and oxygen atoms in total. The van der Waals surface area contributed by atoms with Gasteiger partial charge in [0.05, 0.1) is 0 Å². The molecule has 0 aliphatic heterocycles. The number of rotatable bonds is 7. The van der Waals surface area contributed by atoms with Crippen LogP contribution in [0.15, 0.2) is 48.5 Å². The number of nitrogens with one attached hydrogen (secondary N) is 2. The van der Waals surface area contributed by atoms with Gasteiger partial charge >= 0.3 is 0 Å². The maximum atomic E-state index is 12.5. The summed E-state index contributed by atoms with van der Waals surface area (Å²) in [5.74, 6) is -0.263. The van der Waals surface area contributed by atoms with Crippen LogP contribution in [0.2, 0.25) is 5.02 Å². The normalized spacial score (nSPS) is 11.1. The third-order valence-corrected chi connectivity index (χ3v) is 5.12.